The highest BCUT2D eigenvalue weighted by atomic mass is 14.9. The van der Waals surface area contributed by atoms with E-state index in [0.29, 0.717) is 11.3 Å². The van der Waals surface area contributed by atoms with Gasteiger partial charge in [-0.25, -0.2) is 0 Å². The Morgan fingerprint density at radius 1 is 1.05 bits per heavy atom. The zero-order valence-corrected chi connectivity index (χ0v) is 15.0. The minimum atomic E-state index is 0.364. The summed E-state index contributed by atoms with van der Waals surface area (Å²) in [5.41, 5.74) is 3.28. The molecule has 0 heterocycles. The summed E-state index contributed by atoms with van der Waals surface area (Å²) >= 11 is 0. The Bertz CT molecular complexity index is 391. The van der Waals surface area contributed by atoms with Crippen molar-refractivity contribution in [3.05, 3.63) is 35.4 Å². The van der Waals surface area contributed by atoms with Gasteiger partial charge >= 0.3 is 0 Å². The van der Waals surface area contributed by atoms with Crippen LogP contribution in [0.25, 0.3) is 0 Å². The lowest BCUT2D eigenvalue weighted by molar-refractivity contribution is 0.271. The fourth-order valence-corrected chi connectivity index (χ4v) is 3.02. The molecule has 0 bridgehead atoms. The van der Waals surface area contributed by atoms with Gasteiger partial charge in [-0.15, -0.1) is 0 Å². The van der Waals surface area contributed by atoms with E-state index in [0.717, 1.165) is 19.0 Å². The summed E-state index contributed by atoms with van der Waals surface area (Å²) in [6, 6.07) is 9.25. The Balaban J connectivity index is 2.67. The fourth-order valence-electron chi connectivity index (χ4n) is 3.02. The first-order chi connectivity index (χ1) is 9.86. The van der Waals surface area contributed by atoms with Gasteiger partial charge in [0.1, 0.15) is 0 Å². The van der Waals surface area contributed by atoms with Crippen LogP contribution in [-0.2, 0) is 6.42 Å². The van der Waals surface area contributed by atoms with Crippen LogP contribution < -0.4 is 5.32 Å². The van der Waals surface area contributed by atoms with Crippen molar-refractivity contribution in [3.63, 3.8) is 0 Å². The molecule has 1 nitrogen and oxygen atoms in total. The lowest BCUT2D eigenvalue weighted by atomic mass is 9.79. The molecule has 0 amide bonds. The van der Waals surface area contributed by atoms with E-state index in [2.05, 4.69) is 71.1 Å². The molecule has 1 rings (SSSR count). The van der Waals surface area contributed by atoms with Crippen molar-refractivity contribution in [2.24, 2.45) is 11.3 Å². The van der Waals surface area contributed by atoms with Crippen molar-refractivity contribution >= 4 is 0 Å². The maximum atomic E-state index is 3.66. The second kappa shape index (κ2) is 8.58. The van der Waals surface area contributed by atoms with Crippen LogP contribution in [0.3, 0.4) is 0 Å². The monoisotopic (exact) mass is 289 g/mol. The Morgan fingerprint density at radius 2 is 1.67 bits per heavy atom. The molecule has 1 aromatic rings. The average Bonchev–Trinajstić information content (AvgIpc) is 2.38. The summed E-state index contributed by atoms with van der Waals surface area (Å²) in [7, 11) is 0. The second-order valence-corrected chi connectivity index (χ2v) is 7.66. The normalized spacial score (nSPS) is 14.7. The van der Waals surface area contributed by atoms with Crippen molar-refractivity contribution in [2.45, 2.75) is 66.7 Å². The van der Waals surface area contributed by atoms with Crippen LogP contribution >= 0.6 is 0 Å². The van der Waals surface area contributed by atoms with Gasteiger partial charge in [-0.2, -0.15) is 0 Å². The Hall–Kier alpha value is -0.820. The molecule has 1 unspecified atom stereocenters. The second-order valence-electron chi connectivity index (χ2n) is 7.66. The predicted octanol–water partition coefficient (Wildman–Crippen LogP) is 5.40. The van der Waals surface area contributed by atoms with Crippen molar-refractivity contribution in [1.29, 1.82) is 0 Å². The highest BCUT2D eigenvalue weighted by molar-refractivity contribution is 5.25. The molecular formula is C20H35N. The van der Waals surface area contributed by atoms with E-state index in [9.17, 15) is 0 Å². The van der Waals surface area contributed by atoms with E-state index in [4.69, 9.17) is 0 Å². The zero-order valence-electron chi connectivity index (χ0n) is 15.0. The van der Waals surface area contributed by atoms with Crippen molar-refractivity contribution in [2.75, 3.05) is 13.1 Å². The molecule has 1 aromatic carbocycles. The molecule has 1 heteroatoms. The molecular weight excluding hydrogens is 254 g/mol. The Labute approximate surface area is 132 Å². The molecule has 0 aliphatic carbocycles. The minimum absolute atomic E-state index is 0.364. The first-order valence-electron chi connectivity index (χ1n) is 8.66. The van der Waals surface area contributed by atoms with Crippen LogP contribution in [0.15, 0.2) is 24.3 Å². The van der Waals surface area contributed by atoms with Gasteiger partial charge in [-0.05, 0) is 47.8 Å². The van der Waals surface area contributed by atoms with Crippen molar-refractivity contribution < 1.29 is 0 Å². The molecule has 0 aromatic heterocycles. The maximum absolute atomic E-state index is 3.66. The third-order valence-corrected chi connectivity index (χ3v) is 4.24. The maximum Gasteiger partial charge on any atom is 0.000846 e. The summed E-state index contributed by atoms with van der Waals surface area (Å²) in [5, 5.41) is 3.66. The van der Waals surface area contributed by atoms with E-state index >= 15 is 0 Å². The third kappa shape index (κ3) is 6.65. The molecule has 0 radical (unpaired) electrons. The molecule has 0 fully saturated rings. The summed E-state index contributed by atoms with van der Waals surface area (Å²) in [6.07, 6.45) is 3.71. The first kappa shape index (κ1) is 18.2. The number of benzene rings is 1. The fraction of sp³-hybridized carbons (Fsp3) is 0.700. The highest BCUT2D eigenvalue weighted by Gasteiger charge is 2.23. The number of rotatable bonds is 9. The first-order valence-corrected chi connectivity index (χ1v) is 8.66. The van der Waals surface area contributed by atoms with Crippen LogP contribution in [0, 0.1) is 11.3 Å². The van der Waals surface area contributed by atoms with E-state index in [1.807, 2.05) is 0 Å². The predicted molar refractivity (Wildman–Crippen MR) is 95.0 cm³/mol. The standard InChI is InChI=1S/C20H35N/c1-7-12-20(6,15-21-14-16(2)3)13-18-8-10-19(11-9-18)17(4)5/h8-11,16-17,21H,7,12-15H2,1-6H3. The minimum Gasteiger partial charge on any atom is -0.316 e. The van der Waals surface area contributed by atoms with E-state index in [1.54, 1.807) is 0 Å². The van der Waals surface area contributed by atoms with E-state index in [-0.39, 0.29) is 0 Å². The Kier molecular flexibility index (Phi) is 7.45. The lowest BCUT2D eigenvalue weighted by Gasteiger charge is -2.30. The van der Waals surface area contributed by atoms with Gasteiger partial charge in [-0.1, -0.05) is 72.2 Å². The van der Waals surface area contributed by atoms with Crippen molar-refractivity contribution in [3.8, 4) is 0 Å². The number of hydrogen-bond acceptors (Lipinski definition) is 1. The van der Waals surface area contributed by atoms with E-state index in [1.165, 1.54) is 30.4 Å². The lowest BCUT2D eigenvalue weighted by Crippen LogP contribution is -2.35. The van der Waals surface area contributed by atoms with Crippen LogP contribution in [0.1, 0.15) is 71.4 Å². The van der Waals surface area contributed by atoms with Gasteiger partial charge in [0, 0.05) is 6.54 Å². The third-order valence-electron chi connectivity index (χ3n) is 4.24. The van der Waals surface area contributed by atoms with Crippen molar-refractivity contribution in [1.82, 2.24) is 5.32 Å². The number of hydrogen-bond donors (Lipinski definition) is 1. The molecule has 0 aliphatic rings. The summed E-state index contributed by atoms with van der Waals surface area (Å²) in [6.45, 7) is 16.0. The molecule has 1 N–H and O–H groups in total. The quantitative estimate of drug-likeness (QED) is 0.641. The Morgan fingerprint density at radius 3 is 2.14 bits per heavy atom. The van der Waals surface area contributed by atoms with Gasteiger partial charge in [0.05, 0.1) is 0 Å². The van der Waals surface area contributed by atoms with Crippen LogP contribution in [0.4, 0.5) is 0 Å². The van der Waals surface area contributed by atoms with Gasteiger partial charge in [-0.3, -0.25) is 0 Å². The molecule has 0 saturated heterocycles. The van der Waals surface area contributed by atoms with Gasteiger partial charge in [0.25, 0.3) is 0 Å². The molecule has 0 saturated carbocycles. The SMILES string of the molecule is CCCC(C)(CNCC(C)C)Cc1ccc(C(C)C)cc1. The van der Waals surface area contributed by atoms with Crippen LogP contribution in [-0.4, -0.2) is 13.1 Å². The molecule has 0 aliphatic heterocycles. The van der Waals surface area contributed by atoms with Crippen LogP contribution in [0.2, 0.25) is 0 Å². The summed E-state index contributed by atoms with van der Waals surface area (Å²) in [5.74, 6) is 1.34. The van der Waals surface area contributed by atoms with Gasteiger partial charge < -0.3 is 5.32 Å². The molecule has 1 atom stereocenters. The highest BCUT2D eigenvalue weighted by Crippen LogP contribution is 2.28. The topological polar surface area (TPSA) is 12.0 Å². The zero-order chi connectivity index (χ0) is 15.9. The summed E-state index contributed by atoms with van der Waals surface area (Å²) in [4.78, 5) is 0. The average molecular weight is 290 g/mol. The van der Waals surface area contributed by atoms with Gasteiger partial charge in [0.2, 0.25) is 0 Å². The largest absolute Gasteiger partial charge is 0.316 e. The molecule has 21 heavy (non-hydrogen) atoms. The smallest absolute Gasteiger partial charge is 0.000846 e. The van der Waals surface area contributed by atoms with Gasteiger partial charge in [0.15, 0.2) is 0 Å². The van der Waals surface area contributed by atoms with E-state index < -0.39 is 0 Å². The summed E-state index contributed by atoms with van der Waals surface area (Å²) < 4.78 is 0. The molecule has 0 spiro atoms. The number of nitrogens with one attached hydrogen (secondary N) is 1. The molecule has 120 valence electrons. The van der Waals surface area contributed by atoms with Crippen LogP contribution in [0.5, 0.6) is 0 Å².